The molecule has 1 unspecified atom stereocenters. The number of nitrogens with one attached hydrogen (secondary N) is 1. The number of pyridine rings is 2. The van der Waals surface area contributed by atoms with E-state index in [2.05, 4.69) is 20.4 Å². The molecule has 3 aromatic rings. The van der Waals surface area contributed by atoms with Crippen LogP contribution in [0.15, 0.2) is 30.7 Å². The van der Waals surface area contributed by atoms with Crippen LogP contribution in [0.25, 0.3) is 16.9 Å². The Morgan fingerprint density at radius 1 is 1.28 bits per heavy atom. The van der Waals surface area contributed by atoms with E-state index in [1.807, 2.05) is 12.1 Å². The number of carbonyl (C=O) groups is 1. The Morgan fingerprint density at radius 3 is 2.76 bits per heavy atom. The molecule has 25 heavy (non-hydrogen) atoms. The van der Waals surface area contributed by atoms with Gasteiger partial charge in [0.1, 0.15) is 17.7 Å². The number of nitrogens with zero attached hydrogens (tertiary/aromatic N) is 6. The van der Waals surface area contributed by atoms with E-state index in [1.54, 1.807) is 19.2 Å². The van der Waals surface area contributed by atoms with Crippen molar-refractivity contribution in [1.82, 2.24) is 19.7 Å². The smallest absolute Gasteiger partial charge is 0.339 e. The normalized spacial score (nSPS) is 11.5. The van der Waals surface area contributed by atoms with Gasteiger partial charge in [-0.15, -0.1) is 0 Å². The van der Waals surface area contributed by atoms with Crippen molar-refractivity contribution in [2.45, 2.75) is 13.0 Å². The third kappa shape index (κ3) is 2.94. The Kier molecular flexibility index (Phi) is 3.98. The average Bonchev–Trinajstić information content (AvgIpc) is 3.04. The molecule has 3 aromatic heterocycles. The van der Waals surface area contributed by atoms with Gasteiger partial charge in [-0.2, -0.15) is 20.3 Å². The number of hydrogen-bond donors (Lipinski definition) is 2. The van der Waals surface area contributed by atoms with Gasteiger partial charge in [-0.05, 0) is 13.0 Å². The van der Waals surface area contributed by atoms with Crippen molar-refractivity contribution in [2.24, 2.45) is 0 Å². The lowest BCUT2D eigenvalue weighted by molar-refractivity contribution is 0.0697. The van der Waals surface area contributed by atoms with Gasteiger partial charge in [-0.25, -0.2) is 14.8 Å². The predicted octanol–water partition coefficient (Wildman–Crippen LogP) is 1.71. The van der Waals surface area contributed by atoms with Crippen molar-refractivity contribution < 1.29 is 9.90 Å². The number of aromatic carboxylic acids is 1. The Hall–Kier alpha value is -3.98. The highest BCUT2D eigenvalue weighted by molar-refractivity contribution is 5.94. The second-order valence-corrected chi connectivity index (χ2v) is 5.19. The van der Waals surface area contributed by atoms with E-state index in [0.717, 1.165) is 0 Å². The molecule has 9 heteroatoms. The fourth-order valence-corrected chi connectivity index (χ4v) is 2.27. The van der Waals surface area contributed by atoms with Gasteiger partial charge in [0, 0.05) is 23.8 Å². The van der Waals surface area contributed by atoms with Crippen LogP contribution >= 0.6 is 0 Å². The molecular formula is C16H11N7O2. The first-order chi connectivity index (χ1) is 12.0. The van der Waals surface area contributed by atoms with Crippen LogP contribution in [0.3, 0.4) is 0 Å². The lowest BCUT2D eigenvalue weighted by Crippen LogP contribution is -2.16. The van der Waals surface area contributed by atoms with Crippen molar-refractivity contribution >= 4 is 22.7 Å². The molecule has 0 saturated heterocycles. The minimum absolute atomic E-state index is 0.0537. The van der Waals surface area contributed by atoms with Crippen LogP contribution in [-0.2, 0) is 0 Å². The quantitative estimate of drug-likeness (QED) is 0.735. The lowest BCUT2D eigenvalue weighted by atomic mass is 10.2. The summed E-state index contributed by atoms with van der Waals surface area (Å²) in [6.45, 7) is 1.61. The zero-order valence-corrected chi connectivity index (χ0v) is 13.0. The van der Waals surface area contributed by atoms with E-state index in [9.17, 15) is 9.90 Å². The number of fused-ring (bicyclic) bond motifs is 1. The molecule has 3 rings (SSSR count). The Bertz CT molecular complexity index is 1060. The minimum atomic E-state index is -1.16. The molecule has 0 radical (unpaired) electrons. The maximum Gasteiger partial charge on any atom is 0.339 e. The van der Waals surface area contributed by atoms with E-state index in [-0.39, 0.29) is 11.3 Å². The molecule has 1 atom stereocenters. The highest BCUT2D eigenvalue weighted by Crippen LogP contribution is 2.22. The highest BCUT2D eigenvalue weighted by Gasteiger charge is 2.16. The SMILES string of the molecule is CC(C#N)Nc1cc(-n2ncc3cc(C#N)cnc32)ncc1C(=O)O. The van der Waals surface area contributed by atoms with Crippen molar-refractivity contribution in [3.8, 4) is 18.0 Å². The summed E-state index contributed by atoms with van der Waals surface area (Å²) in [5.41, 5.74) is 1.09. The van der Waals surface area contributed by atoms with Crippen molar-refractivity contribution in [3.05, 3.63) is 41.9 Å². The van der Waals surface area contributed by atoms with Gasteiger partial charge in [0.25, 0.3) is 0 Å². The van der Waals surface area contributed by atoms with Gasteiger partial charge in [-0.1, -0.05) is 0 Å². The molecule has 0 aromatic carbocycles. The largest absolute Gasteiger partial charge is 0.478 e. The van der Waals surface area contributed by atoms with Crippen molar-refractivity contribution in [2.75, 3.05) is 5.32 Å². The van der Waals surface area contributed by atoms with Gasteiger partial charge < -0.3 is 10.4 Å². The summed E-state index contributed by atoms with van der Waals surface area (Å²) in [4.78, 5) is 19.7. The summed E-state index contributed by atoms with van der Waals surface area (Å²) in [6.07, 6.45) is 4.16. The number of carboxylic acid groups (broad SMARTS) is 1. The molecule has 0 bridgehead atoms. The number of rotatable bonds is 4. The maximum atomic E-state index is 11.3. The average molecular weight is 333 g/mol. The minimum Gasteiger partial charge on any atom is -0.478 e. The summed E-state index contributed by atoms with van der Waals surface area (Å²) in [5, 5.41) is 34.8. The monoisotopic (exact) mass is 333 g/mol. The maximum absolute atomic E-state index is 11.3. The third-order valence-corrected chi connectivity index (χ3v) is 3.44. The zero-order chi connectivity index (χ0) is 18.0. The van der Waals surface area contributed by atoms with E-state index >= 15 is 0 Å². The summed E-state index contributed by atoms with van der Waals surface area (Å²) in [7, 11) is 0. The first kappa shape index (κ1) is 15.9. The number of nitriles is 2. The molecule has 9 nitrogen and oxygen atoms in total. The molecule has 0 aliphatic heterocycles. The Morgan fingerprint density at radius 2 is 2.08 bits per heavy atom. The first-order valence-corrected chi connectivity index (χ1v) is 7.17. The van der Waals surface area contributed by atoms with Crippen LogP contribution in [0.5, 0.6) is 0 Å². The molecule has 0 fully saturated rings. The van der Waals surface area contributed by atoms with Crippen molar-refractivity contribution in [1.29, 1.82) is 10.5 Å². The van der Waals surface area contributed by atoms with Gasteiger partial charge >= 0.3 is 5.97 Å². The Labute approximate surface area is 141 Å². The topological polar surface area (TPSA) is 141 Å². The number of hydrogen-bond acceptors (Lipinski definition) is 7. The Balaban J connectivity index is 2.12. The van der Waals surface area contributed by atoms with Crippen LogP contribution < -0.4 is 5.32 Å². The molecule has 0 aliphatic rings. The number of aromatic nitrogens is 4. The van der Waals surface area contributed by atoms with Crippen LogP contribution in [0.2, 0.25) is 0 Å². The van der Waals surface area contributed by atoms with Gasteiger partial charge in [0.15, 0.2) is 11.5 Å². The molecule has 3 heterocycles. The van der Waals surface area contributed by atoms with E-state index in [0.29, 0.717) is 22.4 Å². The fourth-order valence-electron chi connectivity index (χ4n) is 2.27. The van der Waals surface area contributed by atoms with E-state index in [1.165, 1.54) is 23.1 Å². The van der Waals surface area contributed by atoms with E-state index < -0.39 is 12.0 Å². The summed E-state index contributed by atoms with van der Waals surface area (Å²) in [5.74, 6) is -0.821. The number of carboxylic acids is 1. The predicted molar refractivity (Wildman–Crippen MR) is 87.0 cm³/mol. The zero-order valence-electron chi connectivity index (χ0n) is 13.0. The summed E-state index contributed by atoms with van der Waals surface area (Å²) >= 11 is 0. The molecule has 0 spiro atoms. The van der Waals surface area contributed by atoms with Gasteiger partial charge in [0.05, 0.1) is 23.5 Å². The summed E-state index contributed by atoms with van der Waals surface area (Å²) < 4.78 is 1.43. The second kappa shape index (κ2) is 6.26. The highest BCUT2D eigenvalue weighted by atomic mass is 16.4. The molecule has 2 N–H and O–H groups in total. The van der Waals surface area contributed by atoms with Gasteiger partial charge in [0.2, 0.25) is 0 Å². The van der Waals surface area contributed by atoms with E-state index in [4.69, 9.17) is 10.5 Å². The van der Waals surface area contributed by atoms with Crippen LogP contribution in [0, 0.1) is 22.7 Å². The molecule has 0 aliphatic carbocycles. The lowest BCUT2D eigenvalue weighted by Gasteiger charge is -2.12. The first-order valence-electron chi connectivity index (χ1n) is 7.17. The van der Waals surface area contributed by atoms with Gasteiger partial charge in [-0.3, -0.25) is 0 Å². The standard InChI is InChI=1S/C16H11N7O2/c1-9(4-17)22-13-3-14(19-8-12(13)16(24)25)23-15-11(7-21-23)2-10(5-18)6-20-15/h2-3,6-9H,1H3,(H,19,22)(H,24,25). The van der Waals surface area contributed by atoms with Crippen LogP contribution in [-0.4, -0.2) is 36.9 Å². The fraction of sp³-hybridized carbons (Fsp3) is 0.125. The van der Waals surface area contributed by atoms with Crippen LogP contribution in [0.4, 0.5) is 5.69 Å². The van der Waals surface area contributed by atoms with Crippen molar-refractivity contribution in [3.63, 3.8) is 0 Å². The third-order valence-electron chi connectivity index (χ3n) is 3.44. The van der Waals surface area contributed by atoms with Crippen LogP contribution in [0.1, 0.15) is 22.8 Å². The second-order valence-electron chi connectivity index (χ2n) is 5.19. The molecule has 0 saturated carbocycles. The molecule has 122 valence electrons. The molecular weight excluding hydrogens is 322 g/mol. The summed E-state index contributed by atoms with van der Waals surface area (Å²) in [6, 6.07) is 6.54. The molecule has 0 amide bonds. The number of anilines is 1.